The summed E-state index contributed by atoms with van der Waals surface area (Å²) in [5.74, 6) is -0.0248. The molecule has 0 rings (SSSR count). The highest BCUT2D eigenvalue weighted by Crippen LogP contribution is 1.91. The van der Waals surface area contributed by atoms with Gasteiger partial charge in [0, 0.05) is 12.5 Å². The van der Waals surface area contributed by atoms with Gasteiger partial charge in [-0.05, 0) is 19.9 Å². The summed E-state index contributed by atoms with van der Waals surface area (Å²) in [4.78, 5) is 11.0. The minimum Gasteiger partial charge on any atom is -0.353 e. The fourth-order valence-electron chi connectivity index (χ4n) is 0.798. The summed E-state index contributed by atoms with van der Waals surface area (Å²) in [6, 6.07) is 1.93. The van der Waals surface area contributed by atoms with Gasteiger partial charge in [0.1, 0.15) is 0 Å². The summed E-state index contributed by atoms with van der Waals surface area (Å²) in [6.07, 6.45) is 1.51. The highest BCUT2D eigenvalue weighted by Gasteiger charge is 2.05. The summed E-state index contributed by atoms with van der Waals surface area (Å²) in [6.45, 7) is 2.34. The second kappa shape index (κ2) is 6.62. The van der Waals surface area contributed by atoms with Crippen LogP contribution >= 0.6 is 0 Å². The molecule has 4 nitrogen and oxygen atoms in total. The third-order valence-corrected chi connectivity index (χ3v) is 1.41. The molecule has 0 aromatic carbocycles. The third kappa shape index (κ3) is 5.69. The molecule has 4 heteroatoms. The first-order valence-corrected chi connectivity index (χ1v) is 4.07. The maximum Gasteiger partial charge on any atom is 0.220 e. The van der Waals surface area contributed by atoms with Crippen LogP contribution in [0.5, 0.6) is 0 Å². The quantitative estimate of drug-likeness (QED) is 0.614. The Bertz CT molecular complexity index is 174. The van der Waals surface area contributed by atoms with Gasteiger partial charge in [-0.2, -0.15) is 5.26 Å². The number of nitrogens with one attached hydrogen (secondary N) is 1. The molecule has 1 amide bonds. The topological polar surface area (TPSA) is 78.9 Å². The molecule has 0 heterocycles. The first kappa shape index (κ1) is 10.9. The highest BCUT2D eigenvalue weighted by atomic mass is 16.1. The van der Waals surface area contributed by atoms with E-state index in [0.29, 0.717) is 25.8 Å². The monoisotopic (exact) mass is 169 g/mol. The van der Waals surface area contributed by atoms with Crippen molar-refractivity contribution < 1.29 is 4.79 Å². The molecule has 0 saturated carbocycles. The number of carbonyl (C=O) groups is 1. The number of hydrogen-bond acceptors (Lipinski definition) is 3. The predicted octanol–water partition coefficient (Wildman–Crippen LogP) is 0.144. The Morgan fingerprint density at radius 3 is 2.92 bits per heavy atom. The number of rotatable bonds is 5. The SMILES string of the molecule is CC(CC#N)NC(=O)CCCN. The molecule has 0 aliphatic carbocycles. The average Bonchev–Trinajstić information content (AvgIpc) is 2.01. The van der Waals surface area contributed by atoms with Gasteiger partial charge in [-0.25, -0.2) is 0 Å². The molecule has 1 unspecified atom stereocenters. The van der Waals surface area contributed by atoms with Gasteiger partial charge < -0.3 is 11.1 Å². The van der Waals surface area contributed by atoms with Crippen LogP contribution in [0.4, 0.5) is 0 Å². The van der Waals surface area contributed by atoms with Crippen LogP contribution in [-0.4, -0.2) is 18.5 Å². The van der Waals surface area contributed by atoms with E-state index in [4.69, 9.17) is 11.0 Å². The van der Waals surface area contributed by atoms with Crippen LogP contribution < -0.4 is 11.1 Å². The molecule has 0 aliphatic heterocycles. The van der Waals surface area contributed by atoms with Crippen LogP contribution in [-0.2, 0) is 4.79 Å². The summed E-state index contributed by atoms with van der Waals surface area (Å²) in [5.41, 5.74) is 5.23. The number of carbonyl (C=O) groups excluding carboxylic acids is 1. The van der Waals surface area contributed by atoms with Gasteiger partial charge in [-0.15, -0.1) is 0 Å². The van der Waals surface area contributed by atoms with E-state index in [9.17, 15) is 4.79 Å². The largest absolute Gasteiger partial charge is 0.353 e. The lowest BCUT2D eigenvalue weighted by Crippen LogP contribution is -2.32. The van der Waals surface area contributed by atoms with Crippen molar-refractivity contribution in [3.05, 3.63) is 0 Å². The van der Waals surface area contributed by atoms with Crippen molar-refractivity contribution in [2.45, 2.75) is 32.2 Å². The van der Waals surface area contributed by atoms with Crippen molar-refractivity contribution in [3.8, 4) is 6.07 Å². The van der Waals surface area contributed by atoms with Crippen LogP contribution in [0, 0.1) is 11.3 Å². The minimum atomic E-state index is -0.0553. The molecular weight excluding hydrogens is 154 g/mol. The Kier molecular flexibility index (Phi) is 6.02. The van der Waals surface area contributed by atoms with E-state index in [1.165, 1.54) is 0 Å². The molecule has 1 atom stereocenters. The predicted molar refractivity (Wildman–Crippen MR) is 46.1 cm³/mol. The van der Waals surface area contributed by atoms with Gasteiger partial charge in [-0.1, -0.05) is 0 Å². The van der Waals surface area contributed by atoms with E-state index >= 15 is 0 Å². The number of hydrogen-bond donors (Lipinski definition) is 2. The van der Waals surface area contributed by atoms with Gasteiger partial charge in [0.05, 0.1) is 12.5 Å². The zero-order valence-electron chi connectivity index (χ0n) is 7.34. The van der Waals surface area contributed by atoms with E-state index in [2.05, 4.69) is 5.32 Å². The van der Waals surface area contributed by atoms with Crippen molar-refractivity contribution in [3.63, 3.8) is 0 Å². The molecule has 3 N–H and O–H groups in total. The van der Waals surface area contributed by atoms with Gasteiger partial charge >= 0.3 is 0 Å². The fourth-order valence-corrected chi connectivity index (χ4v) is 0.798. The Balaban J connectivity index is 3.48. The second-order valence-electron chi connectivity index (χ2n) is 2.72. The van der Waals surface area contributed by atoms with Crippen LogP contribution in [0.3, 0.4) is 0 Å². The number of nitriles is 1. The molecule has 12 heavy (non-hydrogen) atoms. The molecule has 68 valence electrons. The molecule has 0 saturated heterocycles. The normalized spacial score (nSPS) is 11.8. The average molecular weight is 169 g/mol. The molecule has 0 radical (unpaired) electrons. The van der Waals surface area contributed by atoms with Gasteiger partial charge in [0.25, 0.3) is 0 Å². The summed E-state index contributed by atoms with van der Waals surface area (Å²) >= 11 is 0. The van der Waals surface area contributed by atoms with Gasteiger partial charge in [0.2, 0.25) is 5.91 Å². The summed E-state index contributed by atoms with van der Waals surface area (Å²) in [7, 11) is 0. The molecule has 0 aliphatic rings. The first-order chi connectivity index (χ1) is 5.70. The van der Waals surface area contributed by atoms with Crippen molar-refractivity contribution >= 4 is 5.91 Å². The maximum atomic E-state index is 11.0. The third-order valence-electron chi connectivity index (χ3n) is 1.41. The first-order valence-electron chi connectivity index (χ1n) is 4.07. The Labute approximate surface area is 72.7 Å². The molecule has 0 spiro atoms. The lowest BCUT2D eigenvalue weighted by molar-refractivity contribution is -0.121. The maximum absolute atomic E-state index is 11.0. The van der Waals surface area contributed by atoms with E-state index in [0.717, 1.165) is 0 Å². The van der Waals surface area contributed by atoms with Crippen molar-refractivity contribution in [1.82, 2.24) is 5.32 Å². The van der Waals surface area contributed by atoms with E-state index < -0.39 is 0 Å². The summed E-state index contributed by atoms with van der Waals surface area (Å²) < 4.78 is 0. The van der Waals surface area contributed by atoms with Crippen LogP contribution in [0.15, 0.2) is 0 Å². The second-order valence-corrected chi connectivity index (χ2v) is 2.72. The van der Waals surface area contributed by atoms with E-state index in [-0.39, 0.29) is 11.9 Å². The number of amides is 1. The van der Waals surface area contributed by atoms with E-state index in [1.54, 1.807) is 0 Å². The molecule has 0 fully saturated rings. The Morgan fingerprint density at radius 1 is 1.75 bits per heavy atom. The van der Waals surface area contributed by atoms with Crippen molar-refractivity contribution in [2.75, 3.05) is 6.54 Å². The Morgan fingerprint density at radius 2 is 2.42 bits per heavy atom. The lowest BCUT2D eigenvalue weighted by Gasteiger charge is -2.09. The lowest BCUT2D eigenvalue weighted by atomic mass is 10.2. The van der Waals surface area contributed by atoms with Gasteiger partial charge in [-0.3, -0.25) is 4.79 Å². The van der Waals surface area contributed by atoms with Crippen LogP contribution in [0.2, 0.25) is 0 Å². The molecule has 0 aromatic heterocycles. The van der Waals surface area contributed by atoms with Crippen LogP contribution in [0.1, 0.15) is 26.2 Å². The number of nitrogens with zero attached hydrogens (tertiary/aromatic N) is 1. The summed E-state index contributed by atoms with van der Waals surface area (Å²) in [5, 5.41) is 11.0. The molecular formula is C8H15N3O. The fraction of sp³-hybridized carbons (Fsp3) is 0.750. The van der Waals surface area contributed by atoms with Crippen molar-refractivity contribution in [1.29, 1.82) is 5.26 Å². The smallest absolute Gasteiger partial charge is 0.220 e. The molecule has 0 aromatic rings. The zero-order valence-corrected chi connectivity index (χ0v) is 7.34. The van der Waals surface area contributed by atoms with E-state index in [1.807, 2.05) is 13.0 Å². The van der Waals surface area contributed by atoms with Crippen molar-refractivity contribution in [2.24, 2.45) is 5.73 Å². The number of nitrogens with two attached hydrogens (primary N) is 1. The minimum absolute atomic E-state index is 0.0248. The van der Waals surface area contributed by atoms with Gasteiger partial charge in [0.15, 0.2) is 0 Å². The molecule has 0 bridgehead atoms. The highest BCUT2D eigenvalue weighted by molar-refractivity contribution is 5.76. The zero-order chi connectivity index (χ0) is 9.40. The Hall–Kier alpha value is -1.08. The standard InChI is InChI=1S/C8H15N3O/c1-7(4-6-10)11-8(12)3-2-5-9/h7H,2-5,9H2,1H3,(H,11,12). The van der Waals surface area contributed by atoms with Crippen LogP contribution in [0.25, 0.3) is 0 Å².